The van der Waals surface area contributed by atoms with E-state index in [9.17, 15) is 31.1 Å². The minimum atomic E-state index is -4.99. The van der Waals surface area contributed by atoms with E-state index in [-0.39, 0.29) is 6.07 Å². The van der Waals surface area contributed by atoms with Crippen molar-refractivity contribution in [2.75, 3.05) is 11.9 Å². The maximum absolute atomic E-state index is 12.9. The second kappa shape index (κ2) is 8.75. The zero-order valence-electron chi connectivity index (χ0n) is 15.6. The number of carbonyl (C=O) groups excluding carboxylic acids is 1. The molecule has 1 atom stereocenters. The predicted molar refractivity (Wildman–Crippen MR) is 95.7 cm³/mol. The van der Waals surface area contributed by atoms with Gasteiger partial charge >= 0.3 is 12.4 Å². The lowest BCUT2D eigenvalue weighted by atomic mass is 9.99. The van der Waals surface area contributed by atoms with Crippen LogP contribution in [0.2, 0.25) is 0 Å². The largest absolute Gasteiger partial charge is 0.484 e. The first-order valence-electron chi connectivity index (χ1n) is 8.72. The maximum Gasteiger partial charge on any atom is 0.416 e. The molecule has 9 heteroatoms. The Morgan fingerprint density at radius 2 is 1.48 bits per heavy atom. The number of benzene rings is 2. The number of hydrogen-bond acceptors (Lipinski definition) is 2. The molecule has 0 saturated carbocycles. The number of anilines is 1. The second-order valence-corrected chi connectivity index (χ2v) is 6.51. The molecule has 0 aliphatic rings. The van der Waals surface area contributed by atoms with Crippen molar-refractivity contribution in [3.63, 3.8) is 0 Å². The molecule has 29 heavy (non-hydrogen) atoms. The summed E-state index contributed by atoms with van der Waals surface area (Å²) in [6.07, 6.45) is -9.04. The minimum absolute atomic E-state index is 0.00892. The van der Waals surface area contributed by atoms with Crippen molar-refractivity contribution in [2.24, 2.45) is 0 Å². The number of nitrogens with one attached hydrogen (secondary N) is 1. The Morgan fingerprint density at radius 1 is 0.966 bits per heavy atom. The lowest BCUT2D eigenvalue weighted by Crippen LogP contribution is -2.21. The molecule has 2 aromatic carbocycles. The van der Waals surface area contributed by atoms with E-state index in [1.165, 1.54) is 0 Å². The molecule has 0 heterocycles. The summed E-state index contributed by atoms with van der Waals surface area (Å²) in [7, 11) is 0. The van der Waals surface area contributed by atoms with Crippen LogP contribution in [0.15, 0.2) is 42.5 Å². The van der Waals surface area contributed by atoms with E-state index in [0.717, 1.165) is 12.0 Å². The zero-order valence-corrected chi connectivity index (χ0v) is 15.6. The Balaban J connectivity index is 2.08. The number of amides is 1. The van der Waals surface area contributed by atoms with Crippen LogP contribution in [-0.2, 0) is 17.1 Å². The highest BCUT2D eigenvalue weighted by molar-refractivity contribution is 5.92. The van der Waals surface area contributed by atoms with Crippen LogP contribution in [0.25, 0.3) is 0 Å². The Kier molecular flexibility index (Phi) is 6.81. The number of hydrogen-bond donors (Lipinski definition) is 1. The number of alkyl halides is 6. The van der Waals surface area contributed by atoms with Crippen LogP contribution >= 0.6 is 0 Å². The first-order chi connectivity index (χ1) is 13.4. The molecular formula is C20H19F6NO2. The summed E-state index contributed by atoms with van der Waals surface area (Å²) < 4.78 is 82.4. The van der Waals surface area contributed by atoms with Crippen molar-refractivity contribution in [1.82, 2.24) is 0 Å². The predicted octanol–water partition coefficient (Wildman–Crippen LogP) is 6.26. The van der Waals surface area contributed by atoms with E-state index in [4.69, 9.17) is 4.74 Å². The fourth-order valence-electron chi connectivity index (χ4n) is 2.50. The van der Waals surface area contributed by atoms with Gasteiger partial charge in [0.2, 0.25) is 0 Å². The van der Waals surface area contributed by atoms with Gasteiger partial charge in [0.15, 0.2) is 6.61 Å². The molecule has 0 unspecified atom stereocenters. The van der Waals surface area contributed by atoms with Gasteiger partial charge in [0, 0.05) is 5.69 Å². The Bertz CT molecular complexity index is 811. The van der Waals surface area contributed by atoms with Gasteiger partial charge in [-0.3, -0.25) is 4.79 Å². The molecule has 1 amide bonds. The lowest BCUT2D eigenvalue weighted by molar-refractivity contribution is -0.143. The molecule has 2 rings (SSSR count). The molecule has 0 aliphatic heterocycles. The van der Waals surface area contributed by atoms with Crippen LogP contribution in [0, 0.1) is 0 Å². The van der Waals surface area contributed by atoms with Crippen molar-refractivity contribution in [3.8, 4) is 5.75 Å². The molecular weight excluding hydrogens is 400 g/mol. The van der Waals surface area contributed by atoms with Crippen LogP contribution in [0.5, 0.6) is 5.75 Å². The van der Waals surface area contributed by atoms with E-state index < -0.39 is 41.7 Å². The summed E-state index contributed by atoms with van der Waals surface area (Å²) in [4.78, 5) is 11.9. The van der Waals surface area contributed by atoms with E-state index in [0.29, 0.717) is 23.8 Å². The molecule has 0 saturated heterocycles. The molecule has 3 nitrogen and oxygen atoms in total. The summed E-state index contributed by atoms with van der Waals surface area (Å²) in [6, 6.07) is 7.79. The molecule has 1 N–H and O–H groups in total. The van der Waals surface area contributed by atoms with Crippen LogP contribution in [0.4, 0.5) is 32.0 Å². The quantitative estimate of drug-likeness (QED) is 0.562. The van der Waals surface area contributed by atoms with E-state index in [1.54, 1.807) is 12.1 Å². The van der Waals surface area contributed by atoms with Gasteiger partial charge in [-0.05, 0) is 48.2 Å². The molecule has 0 aliphatic carbocycles. The average Bonchev–Trinajstić information content (AvgIpc) is 2.64. The van der Waals surface area contributed by atoms with Crippen molar-refractivity contribution < 1.29 is 35.9 Å². The van der Waals surface area contributed by atoms with Crippen molar-refractivity contribution in [3.05, 3.63) is 59.2 Å². The summed E-state index contributed by atoms with van der Waals surface area (Å²) >= 11 is 0. The normalized spacial score (nSPS) is 13.1. The highest BCUT2D eigenvalue weighted by atomic mass is 19.4. The topological polar surface area (TPSA) is 38.3 Å². The Labute approximate surface area is 163 Å². The Hall–Kier alpha value is -2.71. The molecule has 0 aromatic heterocycles. The van der Waals surface area contributed by atoms with Gasteiger partial charge in [0.1, 0.15) is 5.75 Å². The van der Waals surface area contributed by atoms with Crippen LogP contribution in [-0.4, -0.2) is 12.5 Å². The van der Waals surface area contributed by atoms with Gasteiger partial charge < -0.3 is 10.1 Å². The van der Waals surface area contributed by atoms with Crippen LogP contribution in [0.1, 0.15) is 42.9 Å². The van der Waals surface area contributed by atoms with Crippen molar-refractivity contribution in [2.45, 2.75) is 38.5 Å². The number of halogens is 6. The highest BCUT2D eigenvalue weighted by Crippen LogP contribution is 2.37. The van der Waals surface area contributed by atoms with Gasteiger partial charge in [-0.1, -0.05) is 26.0 Å². The van der Waals surface area contributed by atoms with Gasteiger partial charge in [-0.25, -0.2) is 0 Å². The van der Waals surface area contributed by atoms with E-state index >= 15 is 0 Å². The number of ether oxygens (including phenoxy) is 1. The number of rotatable bonds is 6. The van der Waals surface area contributed by atoms with Gasteiger partial charge in [0.25, 0.3) is 5.91 Å². The SMILES string of the molecule is CC[C@H](C)c1ccc(OCC(=O)Nc2cc(C(F)(F)F)cc(C(F)(F)F)c2)cc1. The van der Waals surface area contributed by atoms with Gasteiger partial charge in [-0.2, -0.15) is 26.3 Å². The van der Waals surface area contributed by atoms with E-state index in [2.05, 4.69) is 0 Å². The summed E-state index contributed by atoms with van der Waals surface area (Å²) in [5.74, 6) is -0.188. The van der Waals surface area contributed by atoms with Gasteiger partial charge in [0.05, 0.1) is 11.1 Å². The Morgan fingerprint density at radius 3 is 1.93 bits per heavy atom. The monoisotopic (exact) mass is 419 g/mol. The smallest absolute Gasteiger partial charge is 0.416 e. The van der Waals surface area contributed by atoms with Crippen LogP contribution in [0.3, 0.4) is 0 Å². The minimum Gasteiger partial charge on any atom is -0.484 e. The molecule has 0 fully saturated rings. The molecule has 0 radical (unpaired) electrons. The average molecular weight is 419 g/mol. The van der Waals surface area contributed by atoms with Crippen molar-refractivity contribution in [1.29, 1.82) is 0 Å². The maximum atomic E-state index is 12.9. The third-order valence-electron chi connectivity index (χ3n) is 4.30. The summed E-state index contributed by atoms with van der Waals surface area (Å²) in [5.41, 5.74) is -2.56. The number of carbonyl (C=O) groups is 1. The molecule has 158 valence electrons. The van der Waals surface area contributed by atoms with E-state index in [1.807, 2.05) is 31.3 Å². The standard InChI is InChI=1S/C20H19F6NO2/c1-3-12(2)13-4-6-17(7-5-13)29-11-18(28)27-16-9-14(19(21,22)23)8-15(10-16)20(24,25)26/h4-10,12H,3,11H2,1-2H3,(H,27,28)/t12-/m0/s1. The summed E-state index contributed by atoms with van der Waals surface area (Å²) in [5, 5.41) is 2.01. The second-order valence-electron chi connectivity index (χ2n) is 6.51. The highest BCUT2D eigenvalue weighted by Gasteiger charge is 2.37. The third kappa shape index (κ3) is 6.40. The fourth-order valence-corrected chi connectivity index (χ4v) is 2.50. The molecule has 0 spiro atoms. The zero-order chi connectivity index (χ0) is 21.8. The lowest BCUT2D eigenvalue weighted by Gasteiger charge is -2.15. The first-order valence-corrected chi connectivity index (χ1v) is 8.72. The third-order valence-corrected chi connectivity index (χ3v) is 4.30. The molecule has 2 aromatic rings. The summed E-state index contributed by atoms with van der Waals surface area (Å²) in [6.45, 7) is 3.52. The fraction of sp³-hybridized carbons (Fsp3) is 0.350. The van der Waals surface area contributed by atoms with Crippen molar-refractivity contribution >= 4 is 11.6 Å². The molecule has 0 bridgehead atoms. The first kappa shape index (κ1) is 22.6. The van der Waals surface area contributed by atoms with Gasteiger partial charge in [-0.15, -0.1) is 0 Å². The van der Waals surface area contributed by atoms with Crippen LogP contribution < -0.4 is 10.1 Å².